The molecule has 1 aliphatic rings. The maximum Gasteiger partial charge on any atom is 0.0483 e. The summed E-state index contributed by atoms with van der Waals surface area (Å²) < 4.78 is 7.88. The number of fused-ring (bicyclic) bond motifs is 1. The molecular weight excluding hydrogens is 236 g/mol. The summed E-state index contributed by atoms with van der Waals surface area (Å²) in [6, 6.07) is 8.71. The zero-order valence-electron chi connectivity index (χ0n) is 11.6. The van der Waals surface area contributed by atoms with Gasteiger partial charge in [0.15, 0.2) is 0 Å². The van der Waals surface area contributed by atoms with Crippen molar-refractivity contribution in [1.29, 1.82) is 0 Å². The molecule has 0 aliphatic carbocycles. The van der Waals surface area contributed by atoms with Crippen molar-refractivity contribution < 1.29 is 4.74 Å². The molecule has 19 heavy (non-hydrogen) atoms. The monoisotopic (exact) mass is 258 g/mol. The molecule has 1 fully saturated rings. The van der Waals surface area contributed by atoms with E-state index in [1.54, 1.807) is 0 Å². The molecule has 1 aromatic heterocycles. The Balaban J connectivity index is 1.89. The van der Waals surface area contributed by atoms with E-state index in [0.29, 0.717) is 0 Å². The molecule has 1 aliphatic heterocycles. The first-order valence-corrected chi connectivity index (χ1v) is 7.17. The normalized spacial score (nSPS) is 17.1. The van der Waals surface area contributed by atoms with E-state index in [1.807, 2.05) is 7.05 Å². The number of ether oxygens (including phenoxy) is 1. The van der Waals surface area contributed by atoms with Crippen LogP contribution in [0, 0.1) is 5.92 Å². The minimum atomic E-state index is 0.756. The molecule has 3 rings (SSSR count). The van der Waals surface area contributed by atoms with Crippen LogP contribution in [-0.2, 0) is 17.8 Å². The van der Waals surface area contributed by atoms with Crippen LogP contribution in [0.3, 0.4) is 0 Å². The van der Waals surface area contributed by atoms with Crippen molar-refractivity contribution >= 4 is 10.9 Å². The van der Waals surface area contributed by atoms with Gasteiger partial charge in [0, 0.05) is 43.4 Å². The molecule has 2 aromatic rings. The second-order valence-electron chi connectivity index (χ2n) is 5.41. The van der Waals surface area contributed by atoms with Crippen LogP contribution >= 0.6 is 0 Å². The van der Waals surface area contributed by atoms with Crippen LogP contribution < -0.4 is 5.32 Å². The Kier molecular flexibility index (Phi) is 3.85. The van der Waals surface area contributed by atoms with Gasteiger partial charge in [-0.2, -0.15) is 0 Å². The number of hydrogen-bond acceptors (Lipinski definition) is 2. The van der Waals surface area contributed by atoms with E-state index in [2.05, 4.69) is 40.3 Å². The highest BCUT2D eigenvalue weighted by molar-refractivity contribution is 5.83. The lowest BCUT2D eigenvalue weighted by atomic mass is 10.0. The second kappa shape index (κ2) is 5.76. The molecule has 0 unspecified atom stereocenters. The van der Waals surface area contributed by atoms with E-state index in [4.69, 9.17) is 4.74 Å². The van der Waals surface area contributed by atoms with Crippen LogP contribution in [0.5, 0.6) is 0 Å². The maximum atomic E-state index is 5.45. The smallest absolute Gasteiger partial charge is 0.0483 e. The zero-order chi connectivity index (χ0) is 13.1. The Hall–Kier alpha value is -1.32. The molecule has 1 N–H and O–H groups in total. The van der Waals surface area contributed by atoms with E-state index in [-0.39, 0.29) is 0 Å². The highest BCUT2D eigenvalue weighted by Gasteiger charge is 2.16. The van der Waals surface area contributed by atoms with E-state index in [1.165, 1.54) is 29.3 Å². The molecule has 3 nitrogen and oxygen atoms in total. The third-order valence-electron chi connectivity index (χ3n) is 4.03. The molecule has 3 heteroatoms. The number of hydrogen-bond donors (Lipinski definition) is 1. The van der Waals surface area contributed by atoms with Gasteiger partial charge in [0.1, 0.15) is 0 Å². The summed E-state index contributed by atoms with van der Waals surface area (Å²) in [5.41, 5.74) is 2.75. The number of benzene rings is 1. The van der Waals surface area contributed by atoms with Gasteiger partial charge in [-0.15, -0.1) is 0 Å². The lowest BCUT2D eigenvalue weighted by Crippen LogP contribution is -2.20. The van der Waals surface area contributed by atoms with Crippen LogP contribution in [0.25, 0.3) is 10.9 Å². The van der Waals surface area contributed by atoms with Crippen molar-refractivity contribution in [3.05, 3.63) is 36.0 Å². The molecule has 0 amide bonds. The summed E-state index contributed by atoms with van der Waals surface area (Å²) in [6.07, 6.45) is 4.69. The number of nitrogens with zero attached hydrogens (tertiary/aromatic N) is 1. The highest BCUT2D eigenvalue weighted by atomic mass is 16.5. The molecule has 0 radical (unpaired) electrons. The minimum Gasteiger partial charge on any atom is -0.381 e. The Morgan fingerprint density at radius 2 is 2.05 bits per heavy atom. The molecule has 0 spiro atoms. The van der Waals surface area contributed by atoms with Gasteiger partial charge in [-0.05, 0) is 37.4 Å². The van der Waals surface area contributed by atoms with E-state index in [9.17, 15) is 0 Å². The van der Waals surface area contributed by atoms with E-state index < -0.39 is 0 Å². The van der Waals surface area contributed by atoms with E-state index in [0.717, 1.165) is 32.2 Å². The lowest BCUT2D eigenvalue weighted by molar-refractivity contribution is 0.0616. The van der Waals surface area contributed by atoms with Crippen LogP contribution in [0.1, 0.15) is 18.4 Å². The van der Waals surface area contributed by atoms with E-state index >= 15 is 0 Å². The fraction of sp³-hybridized carbons (Fsp3) is 0.500. The summed E-state index contributed by atoms with van der Waals surface area (Å²) in [6.45, 7) is 3.90. The van der Waals surface area contributed by atoms with Crippen LogP contribution in [0.15, 0.2) is 30.5 Å². The van der Waals surface area contributed by atoms with Gasteiger partial charge >= 0.3 is 0 Å². The molecule has 1 saturated heterocycles. The van der Waals surface area contributed by atoms with Gasteiger partial charge in [-0.25, -0.2) is 0 Å². The summed E-state index contributed by atoms with van der Waals surface area (Å²) in [7, 11) is 2.00. The minimum absolute atomic E-state index is 0.756. The molecule has 0 atom stereocenters. The summed E-state index contributed by atoms with van der Waals surface area (Å²) in [4.78, 5) is 0. The number of nitrogens with one attached hydrogen (secondary N) is 1. The van der Waals surface area contributed by atoms with Crippen molar-refractivity contribution in [2.45, 2.75) is 25.9 Å². The van der Waals surface area contributed by atoms with Crippen molar-refractivity contribution in [3.8, 4) is 0 Å². The standard InChI is InChI=1S/C16H22N2O/c1-17-10-14-12-18(11-13-6-8-19-9-7-13)16-5-3-2-4-15(14)16/h2-5,12-13,17H,6-11H2,1H3. The number of rotatable bonds is 4. The highest BCUT2D eigenvalue weighted by Crippen LogP contribution is 2.24. The predicted octanol–water partition coefficient (Wildman–Crippen LogP) is 2.79. The van der Waals surface area contributed by atoms with Crippen molar-refractivity contribution in [3.63, 3.8) is 0 Å². The fourth-order valence-corrected chi connectivity index (χ4v) is 3.01. The van der Waals surface area contributed by atoms with Gasteiger partial charge in [0.05, 0.1) is 0 Å². The fourth-order valence-electron chi connectivity index (χ4n) is 3.01. The Morgan fingerprint density at radius 1 is 1.26 bits per heavy atom. The molecule has 0 saturated carbocycles. The first-order valence-electron chi connectivity index (χ1n) is 7.17. The summed E-state index contributed by atoms with van der Waals surface area (Å²) in [5.74, 6) is 0.756. The Morgan fingerprint density at radius 3 is 2.84 bits per heavy atom. The SMILES string of the molecule is CNCc1cn(CC2CCOCC2)c2ccccc12. The average Bonchev–Trinajstić information content (AvgIpc) is 2.79. The summed E-state index contributed by atoms with van der Waals surface area (Å²) >= 11 is 0. The zero-order valence-corrected chi connectivity index (χ0v) is 11.6. The Bertz CT molecular complexity index is 541. The third kappa shape index (κ3) is 2.67. The molecule has 0 bridgehead atoms. The second-order valence-corrected chi connectivity index (χ2v) is 5.41. The molecule has 102 valence electrons. The molecular formula is C16H22N2O. The lowest BCUT2D eigenvalue weighted by Gasteiger charge is -2.22. The quantitative estimate of drug-likeness (QED) is 0.912. The average molecular weight is 258 g/mol. The van der Waals surface area contributed by atoms with Gasteiger partial charge in [0.2, 0.25) is 0 Å². The third-order valence-corrected chi connectivity index (χ3v) is 4.03. The maximum absolute atomic E-state index is 5.45. The molecule has 1 aromatic carbocycles. The van der Waals surface area contributed by atoms with Gasteiger partial charge in [-0.1, -0.05) is 18.2 Å². The van der Waals surface area contributed by atoms with Crippen LogP contribution in [-0.4, -0.2) is 24.8 Å². The topological polar surface area (TPSA) is 26.2 Å². The largest absolute Gasteiger partial charge is 0.381 e. The summed E-state index contributed by atoms with van der Waals surface area (Å²) in [5, 5.41) is 4.64. The Labute approximate surface area is 114 Å². The van der Waals surface area contributed by atoms with Crippen molar-refractivity contribution in [2.75, 3.05) is 20.3 Å². The first-order chi connectivity index (χ1) is 9.38. The van der Waals surface area contributed by atoms with Crippen molar-refractivity contribution in [1.82, 2.24) is 9.88 Å². The number of aromatic nitrogens is 1. The first kappa shape index (κ1) is 12.7. The molecule has 2 heterocycles. The van der Waals surface area contributed by atoms with Crippen molar-refractivity contribution in [2.24, 2.45) is 5.92 Å². The predicted molar refractivity (Wildman–Crippen MR) is 78.2 cm³/mol. The van der Waals surface area contributed by atoms with Gasteiger partial charge < -0.3 is 14.6 Å². The van der Waals surface area contributed by atoms with Crippen LogP contribution in [0.2, 0.25) is 0 Å². The van der Waals surface area contributed by atoms with Crippen LogP contribution in [0.4, 0.5) is 0 Å². The number of para-hydroxylation sites is 1. The van der Waals surface area contributed by atoms with Gasteiger partial charge in [-0.3, -0.25) is 0 Å². The van der Waals surface area contributed by atoms with Gasteiger partial charge in [0.25, 0.3) is 0 Å².